The number of alkyl halides is 1. The summed E-state index contributed by atoms with van der Waals surface area (Å²) in [6.45, 7) is 0.220. The van der Waals surface area contributed by atoms with Crippen LogP contribution in [0.25, 0.3) is 11.3 Å². The number of halogens is 1. The summed E-state index contributed by atoms with van der Waals surface area (Å²) in [5, 5.41) is 14.8. The van der Waals surface area contributed by atoms with Crippen molar-refractivity contribution in [3.63, 3.8) is 0 Å². The molecule has 32 heavy (non-hydrogen) atoms. The van der Waals surface area contributed by atoms with E-state index in [4.69, 9.17) is 4.74 Å². The fourth-order valence-corrected chi connectivity index (χ4v) is 3.71. The number of nitrogens with one attached hydrogen (secondary N) is 1. The number of aromatic nitrogens is 5. The van der Waals surface area contributed by atoms with Crippen molar-refractivity contribution in [2.24, 2.45) is 0 Å². The zero-order valence-electron chi connectivity index (χ0n) is 18.0. The number of carbonyl (C=O) groups excluding carboxylic acids is 2. The van der Waals surface area contributed by atoms with Gasteiger partial charge in [0.25, 0.3) is 11.8 Å². The SMILES string of the molecule is COc1ccc(-c2cc(C(=O)N3C[C@@H](F)C[C@H]3Cn3cc(C(=O)N(C)C)nn3)[nH]n2)cc1. The van der Waals surface area contributed by atoms with Crippen molar-refractivity contribution in [3.8, 4) is 17.0 Å². The second-order valence-electron chi connectivity index (χ2n) is 7.87. The molecule has 0 bridgehead atoms. The molecule has 1 fully saturated rings. The Balaban J connectivity index is 1.49. The summed E-state index contributed by atoms with van der Waals surface area (Å²) in [6, 6.07) is 8.53. The van der Waals surface area contributed by atoms with E-state index in [9.17, 15) is 14.0 Å². The molecule has 0 aliphatic carbocycles. The van der Waals surface area contributed by atoms with E-state index in [1.54, 1.807) is 27.3 Å². The van der Waals surface area contributed by atoms with E-state index in [2.05, 4.69) is 20.5 Å². The van der Waals surface area contributed by atoms with Crippen molar-refractivity contribution in [1.82, 2.24) is 35.0 Å². The van der Waals surface area contributed by atoms with Crippen molar-refractivity contribution < 1.29 is 18.7 Å². The summed E-state index contributed by atoms with van der Waals surface area (Å²) in [5.41, 5.74) is 1.90. The van der Waals surface area contributed by atoms with Gasteiger partial charge in [-0.25, -0.2) is 9.07 Å². The number of nitrogens with zero attached hydrogens (tertiary/aromatic N) is 6. The number of likely N-dealkylation sites (tertiary alicyclic amines) is 1. The molecule has 0 spiro atoms. The minimum absolute atomic E-state index is 0.0153. The highest BCUT2D eigenvalue weighted by molar-refractivity contribution is 5.94. The molecule has 1 N–H and O–H groups in total. The zero-order valence-corrected chi connectivity index (χ0v) is 18.0. The molecule has 168 valence electrons. The summed E-state index contributed by atoms with van der Waals surface area (Å²) >= 11 is 0. The molecule has 1 aliphatic rings. The van der Waals surface area contributed by atoms with E-state index in [1.807, 2.05) is 24.3 Å². The van der Waals surface area contributed by atoms with Crippen LogP contribution in [0.15, 0.2) is 36.5 Å². The van der Waals surface area contributed by atoms with Crippen molar-refractivity contribution in [2.45, 2.75) is 25.2 Å². The summed E-state index contributed by atoms with van der Waals surface area (Å²) in [4.78, 5) is 28.0. The third-order valence-electron chi connectivity index (χ3n) is 5.38. The van der Waals surface area contributed by atoms with Crippen molar-refractivity contribution in [3.05, 3.63) is 47.9 Å². The van der Waals surface area contributed by atoms with Gasteiger partial charge in [0.15, 0.2) is 5.69 Å². The molecule has 0 unspecified atom stereocenters. The average molecular weight is 441 g/mol. The largest absolute Gasteiger partial charge is 0.497 e. The highest BCUT2D eigenvalue weighted by atomic mass is 19.1. The van der Waals surface area contributed by atoms with Crippen molar-refractivity contribution in [2.75, 3.05) is 27.7 Å². The standard InChI is InChI=1S/C21H24FN7O3/c1-27(2)20(30)19-12-28(26-25-19)11-15-8-14(22)10-29(15)21(31)18-9-17(23-24-18)13-4-6-16(32-3)7-5-13/h4-7,9,12,14-15H,8,10-11H2,1-3H3,(H,23,24)/t14-,15-/m0/s1. The van der Waals surface area contributed by atoms with Gasteiger partial charge in [-0.15, -0.1) is 5.10 Å². The van der Waals surface area contributed by atoms with Gasteiger partial charge in [-0.1, -0.05) is 5.21 Å². The quantitative estimate of drug-likeness (QED) is 0.623. The van der Waals surface area contributed by atoms with E-state index < -0.39 is 12.2 Å². The Morgan fingerprint density at radius 2 is 2.03 bits per heavy atom. The first kappa shape index (κ1) is 21.5. The first-order valence-electron chi connectivity index (χ1n) is 10.1. The predicted molar refractivity (Wildman–Crippen MR) is 113 cm³/mol. The Kier molecular flexibility index (Phi) is 5.89. The van der Waals surface area contributed by atoms with Crippen LogP contribution in [0, 0.1) is 0 Å². The third kappa shape index (κ3) is 4.32. The molecule has 3 aromatic rings. The summed E-state index contributed by atoms with van der Waals surface area (Å²) in [7, 11) is 4.83. The molecule has 2 atom stereocenters. The molecular weight excluding hydrogens is 417 g/mol. The number of ether oxygens (including phenoxy) is 1. The Morgan fingerprint density at radius 3 is 2.72 bits per heavy atom. The van der Waals surface area contributed by atoms with E-state index >= 15 is 0 Å². The molecule has 11 heteroatoms. The first-order valence-corrected chi connectivity index (χ1v) is 10.1. The van der Waals surface area contributed by atoms with Gasteiger partial charge in [-0.05, 0) is 30.3 Å². The van der Waals surface area contributed by atoms with Gasteiger partial charge in [0.05, 0.1) is 38.1 Å². The predicted octanol–water partition coefficient (Wildman–Crippen LogP) is 1.63. The van der Waals surface area contributed by atoms with Gasteiger partial charge in [0.1, 0.15) is 17.6 Å². The fourth-order valence-electron chi connectivity index (χ4n) is 3.71. The van der Waals surface area contributed by atoms with E-state index in [1.165, 1.54) is 20.7 Å². The summed E-state index contributed by atoms with van der Waals surface area (Å²) in [6.07, 6.45) is 0.552. The lowest BCUT2D eigenvalue weighted by Crippen LogP contribution is -2.38. The summed E-state index contributed by atoms with van der Waals surface area (Å²) in [5.74, 6) is 0.104. The highest BCUT2D eigenvalue weighted by Gasteiger charge is 2.37. The number of carbonyl (C=O) groups is 2. The van der Waals surface area contributed by atoms with Gasteiger partial charge in [-0.3, -0.25) is 14.7 Å². The van der Waals surface area contributed by atoms with Gasteiger partial charge in [0, 0.05) is 26.1 Å². The van der Waals surface area contributed by atoms with Crippen LogP contribution in [0.3, 0.4) is 0 Å². The highest BCUT2D eigenvalue weighted by Crippen LogP contribution is 2.26. The van der Waals surface area contributed by atoms with E-state index in [0.717, 1.165) is 11.3 Å². The van der Waals surface area contributed by atoms with Crippen molar-refractivity contribution in [1.29, 1.82) is 0 Å². The Morgan fingerprint density at radius 1 is 1.28 bits per heavy atom. The van der Waals surface area contributed by atoms with Gasteiger partial charge < -0.3 is 14.5 Å². The average Bonchev–Trinajstić information content (AvgIpc) is 3.53. The molecule has 4 rings (SSSR count). The normalized spacial score (nSPS) is 18.1. The number of benzene rings is 1. The second-order valence-corrected chi connectivity index (χ2v) is 7.87. The zero-order chi connectivity index (χ0) is 22.8. The monoisotopic (exact) mass is 441 g/mol. The topological polar surface area (TPSA) is 109 Å². The lowest BCUT2D eigenvalue weighted by atomic mass is 10.1. The van der Waals surface area contributed by atoms with Gasteiger partial charge in [-0.2, -0.15) is 5.10 Å². The maximum atomic E-state index is 14.2. The number of methoxy groups -OCH3 is 1. The van der Waals surface area contributed by atoms with Gasteiger partial charge >= 0.3 is 0 Å². The van der Waals surface area contributed by atoms with E-state index in [-0.39, 0.29) is 42.7 Å². The lowest BCUT2D eigenvalue weighted by Gasteiger charge is -2.23. The molecule has 2 amide bonds. The van der Waals surface area contributed by atoms with E-state index in [0.29, 0.717) is 5.69 Å². The first-order chi connectivity index (χ1) is 15.4. The minimum Gasteiger partial charge on any atom is -0.497 e. The smallest absolute Gasteiger partial charge is 0.275 e. The molecule has 1 aliphatic heterocycles. The lowest BCUT2D eigenvalue weighted by molar-refractivity contribution is 0.0708. The maximum absolute atomic E-state index is 14.2. The number of aromatic amines is 1. The Hall–Kier alpha value is -3.76. The fraction of sp³-hybridized carbons (Fsp3) is 0.381. The van der Waals surface area contributed by atoms with Crippen LogP contribution >= 0.6 is 0 Å². The molecule has 1 saturated heterocycles. The van der Waals surface area contributed by atoms with Crippen LogP contribution in [0.4, 0.5) is 4.39 Å². The maximum Gasteiger partial charge on any atom is 0.275 e. The number of H-pyrrole nitrogens is 1. The number of hydrogen-bond donors (Lipinski definition) is 1. The molecule has 10 nitrogen and oxygen atoms in total. The third-order valence-corrected chi connectivity index (χ3v) is 5.38. The van der Waals surface area contributed by atoms with Crippen LogP contribution in [-0.4, -0.2) is 86.8 Å². The molecule has 0 radical (unpaired) electrons. The molecule has 0 saturated carbocycles. The minimum atomic E-state index is -1.14. The number of hydrogen-bond acceptors (Lipinski definition) is 6. The Labute approximate surface area is 184 Å². The number of rotatable bonds is 6. The van der Waals surface area contributed by atoms with Gasteiger partial charge in [0.2, 0.25) is 0 Å². The van der Waals surface area contributed by atoms with Crippen LogP contribution < -0.4 is 4.74 Å². The summed E-state index contributed by atoms with van der Waals surface area (Å²) < 4.78 is 20.9. The molecular formula is C21H24FN7O3. The van der Waals surface area contributed by atoms with Crippen LogP contribution in [0.1, 0.15) is 27.4 Å². The Bertz CT molecular complexity index is 1110. The van der Waals surface area contributed by atoms with Crippen LogP contribution in [0.2, 0.25) is 0 Å². The van der Waals surface area contributed by atoms with Crippen molar-refractivity contribution >= 4 is 11.8 Å². The molecule has 1 aromatic carbocycles. The number of amides is 2. The van der Waals surface area contributed by atoms with Crippen LogP contribution in [-0.2, 0) is 6.54 Å². The molecule has 3 heterocycles. The van der Waals surface area contributed by atoms with Crippen LogP contribution in [0.5, 0.6) is 5.75 Å². The molecule has 2 aromatic heterocycles. The second kappa shape index (κ2) is 8.77.